The van der Waals surface area contributed by atoms with Gasteiger partial charge >= 0.3 is 0 Å². The highest BCUT2D eigenvalue weighted by Gasteiger charge is 2.16. The molecule has 0 spiro atoms. The molecule has 0 aliphatic heterocycles. The summed E-state index contributed by atoms with van der Waals surface area (Å²) in [4.78, 5) is 0.0610. The first-order valence-corrected chi connectivity index (χ1v) is 8.37. The zero-order chi connectivity index (χ0) is 15.5. The van der Waals surface area contributed by atoms with Crippen LogP contribution < -0.4 is 9.46 Å². The number of anilines is 1. The van der Waals surface area contributed by atoms with Gasteiger partial charge in [0.1, 0.15) is 5.75 Å². The Morgan fingerprint density at radius 2 is 1.76 bits per heavy atom. The lowest BCUT2D eigenvalue weighted by atomic mass is 10.3. The van der Waals surface area contributed by atoms with Crippen LogP contribution in [0.1, 0.15) is 6.92 Å². The zero-order valence-electron chi connectivity index (χ0n) is 11.1. The Bertz CT molecular complexity index is 730. The Kier molecular flexibility index (Phi) is 4.98. The molecular weight excluding hydrogens is 333 g/mol. The van der Waals surface area contributed by atoms with E-state index in [1.165, 1.54) is 18.2 Å². The second-order valence-corrected chi connectivity index (χ2v) is 6.66. The minimum atomic E-state index is -3.71. The minimum absolute atomic E-state index is 0.0610. The molecule has 0 bridgehead atoms. The Morgan fingerprint density at radius 3 is 2.33 bits per heavy atom. The van der Waals surface area contributed by atoms with Crippen molar-refractivity contribution in [2.24, 2.45) is 0 Å². The van der Waals surface area contributed by atoms with Crippen molar-refractivity contribution in [1.82, 2.24) is 0 Å². The Hall–Kier alpha value is -1.43. The predicted octanol–water partition coefficient (Wildman–Crippen LogP) is 4.19. The third kappa shape index (κ3) is 4.03. The molecule has 0 aliphatic carbocycles. The summed E-state index contributed by atoms with van der Waals surface area (Å²) in [5, 5.41) is 0.776. The van der Waals surface area contributed by atoms with E-state index in [-0.39, 0.29) is 9.92 Å². The first kappa shape index (κ1) is 15.9. The van der Waals surface area contributed by atoms with Gasteiger partial charge in [0.25, 0.3) is 10.0 Å². The number of halogens is 2. The van der Waals surface area contributed by atoms with Gasteiger partial charge in [-0.3, -0.25) is 4.72 Å². The third-order valence-corrected chi connectivity index (χ3v) is 4.54. The maximum Gasteiger partial charge on any atom is 0.261 e. The largest absolute Gasteiger partial charge is 0.492 e. The summed E-state index contributed by atoms with van der Waals surface area (Å²) in [5.74, 6) is 0.449. The molecular formula is C14H13Cl2NO3S. The van der Waals surface area contributed by atoms with Crippen molar-refractivity contribution < 1.29 is 13.2 Å². The maximum atomic E-state index is 12.3. The first-order chi connectivity index (χ1) is 9.92. The molecule has 112 valence electrons. The van der Waals surface area contributed by atoms with Gasteiger partial charge in [-0.05, 0) is 49.4 Å². The van der Waals surface area contributed by atoms with E-state index >= 15 is 0 Å². The van der Waals surface area contributed by atoms with Crippen molar-refractivity contribution >= 4 is 38.9 Å². The molecule has 1 N–H and O–H groups in total. The van der Waals surface area contributed by atoms with Gasteiger partial charge in [-0.15, -0.1) is 0 Å². The maximum absolute atomic E-state index is 12.3. The Balaban J connectivity index is 2.27. The van der Waals surface area contributed by atoms with E-state index in [4.69, 9.17) is 27.9 Å². The van der Waals surface area contributed by atoms with Gasteiger partial charge in [0.2, 0.25) is 0 Å². The summed E-state index contributed by atoms with van der Waals surface area (Å²) in [5.41, 5.74) is 0.421. The van der Waals surface area contributed by atoms with Crippen molar-refractivity contribution in [2.75, 3.05) is 11.3 Å². The average molecular weight is 346 g/mol. The summed E-state index contributed by atoms with van der Waals surface area (Å²) in [6.45, 7) is 2.28. The lowest BCUT2D eigenvalue weighted by molar-refractivity contribution is 0.340. The SMILES string of the molecule is CCOc1ccc(S(=O)(=O)Nc2ccc(Cl)cc2)cc1Cl. The fourth-order valence-corrected chi connectivity index (χ4v) is 3.16. The van der Waals surface area contributed by atoms with E-state index < -0.39 is 10.0 Å². The predicted molar refractivity (Wildman–Crippen MR) is 84.9 cm³/mol. The van der Waals surface area contributed by atoms with Crippen LogP contribution >= 0.6 is 23.2 Å². The zero-order valence-corrected chi connectivity index (χ0v) is 13.5. The highest BCUT2D eigenvalue weighted by molar-refractivity contribution is 7.92. The van der Waals surface area contributed by atoms with Gasteiger partial charge in [-0.25, -0.2) is 8.42 Å². The minimum Gasteiger partial charge on any atom is -0.492 e. The molecule has 0 atom stereocenters. The molecule has 0 aromatic heterocycles. The highest BCUT2D eigenvalue weighted by Crippen LogP contribution is 2.28. The Morgan fingerprint density at radius 1 is 1.10 bits per heavy atom. The lowest BCUT2D eigenvalue weighted by Gasteiger charge is -2.10. The molecule has 7 heteroatoms. The standard InChI is InChI=1S/C14H13Cl2NO3S/c1-2-20-14-8-7-12(9-13(14)16)21(18,19)17-11-5-3-10(15)4-6-11/h3-9,17H,2H2,1H3. The summed E-state index contributed by atoms with van der Waals surface area (Å²) >= 11 is 11.8. The van der Waals surface area contributed by atoms with Gasteiger partial charge < -0.3 is 4.74 Å². The van der Waals surface area contributed by atoms with Gasteiger partial charge in [0.15, 0.2) is 0 Å². The molecule has 2 aromatic rings. The summed E-state index contributed by atoms with van der Waals surface area (Å²) in [7, 11) is -3.71. The molecule has 0 radical (unpaired) electrons. The van der Waals surface area contributed by atoms with Crippen LogP contribution in [0.2, 0.25) is 10.0 Å². The molecule has 0 aliphatic rings. The molecule has 0 saturated carbocycles. The molecule has 0 unspecified atom stereocenters. The molecule has 0 saturated heterocycles. The quantitative estimate of drug-likeness (QED) is 0.883. The number of nitrogens with one attached hydrogen (secondary N) is 1. The molecule has 21 heavy (non-hydrogen) atoms. The van der Waals surface area contributed by atoms with Gasteiger partial charge in [0, 0.05) is 10.7 Å². The fourth-order valence-electron chi connectivity index (χ4n) is 1.65. The van der Waals surface area contributed by atoms with E-state index in [0.717, 1.165) is 0 Å². The second-order valence-electron chi connectivity index (χ2n) is 4.14. The van der Waals surface area contributed by atoms with Gasteiger partial charge in [-0.2, -0.15) is 0 Å². The monoisotopic (exact) mass is 345 g/mol. The smallest absolute Gasteiger partial charge is 0.261 e. The van der Waals surface area contributed by atoms with Crippen LogP contribution in [-0.2, 0) is 10.0 Å². The number of ether oxygens (including phenoxy) is 1. The lowest BCUT2D eigenvalue weighted by Crippen LogP contribution is -2.13. The van der Waals surface area contributed by atoms with E-state index in [9.17, 15) is 8.42 Å². The third-order valence-electron chi connectivity index (χ3n) is 2.61. The number of sulfonamides is 1. The van der Waals surface area contributed by atoms with Crippen molar-refractivity contribution in [1.29, 1.82) is 0 Å². The van der Waals surface area contributed by atoms with Crippen LogP contribution in [-0.4, -0.2) is 15.0 Å². The van der Waals surface area contributed by atoms with Crippen molar-refractivity contribution in [2.45, 2.75) is 11.8 Å². The summed E-state index contributed by atoms with van der Waals surface area (Å²) in [6.07, 6.45) is 0. The topological polar surface area (TPSA) is 55.4 Å². The van der Waals surface area contributed by atoms with Crippen LogP contribution in [0.25, 0.3) is 0 Å². The number of hydrogen-bond donors (Lipinski definition) is 1. The van der Waals surface area contributed by atoms with E-state index in [0.29, 0.717) is 23.1 Å². The van der Waals surface area contributed by atoms with Crippen LogP contribution in [0, 0.1) is 0 Å². The summed E-state index contributed by atoms with van der Waals surface area (Å²) in [6, 6.07) is 10.7. The van der Waals surface area contributed by atoms with Crippen LogP contribution in [0.5, 0.6) is 5.75 Å². The summed E-state index contributed by atoms with van der Waals surface area (Å²) < 4.78 is 32.3. The highest BCUT2D eigenvalue weighted by atomic mass is 35.5. The van der Waals surface area contributed by atoms with Crippen LogP contribution in [0.15, 0.2) is 47.4 Å². The molecule has 2 aromatic carbocycles. The second kappa shape index (κ2) is 6.56. The Labute approximate surface area is 133 Å². The first-order valence-electron chi connectivity index (χ1n) is 6.13. The van der Waals surface area contributed by atoms with Gasteiger partial charge in [0.05, 0.1) is 16.5 Å². The van der Waals surface area contributed by atoms with Gasteiger partial charge in [-0.1, -0.05) is 23.2 Å². The molecule has 0 heterocycles. The molecule has 0 fully saturated rings. The average Bonchev–Trinajstić information content (AvgIpc) is 2.43. The number of benzene rings is 2. The van der Waals surface area contributed by atoms with E-state index in [1.807, 2.05) is 6.92 Å². The number of rotatable bonds is 5. The van der Waals surface area contributed by atoms with E-state index in [1.54, 1.807) is 24.3 Å². The molecule has 4 nitrogen and oxygen atoms in total. The van der Waals surface area contributed by atoms with Crippen molar-refractivity contribution in [3.05, 3.63) is 52.5 Å². The molecule has 0 amide bonds. The van der Waals surface area contributed by atoms with Crippen LogP contribution in [0.4, 0.5) is 5.69 Å². The number of hydrogen-bond acceptors (Lipinski definition) is 3. The van der Waals surface area contributed by atoms with Crippen molar-refractivity contribution in [3.63, 3.8) is 0 Å². The van der Waals surface area contributed by atoms with Crippen molar-refractivity contribution in [3.8, 4) is 5.75 Å². The molecule has 2 rings (SSSR count). The fraction of sp³-hybridized carbons (Fsp3) is 0.143. The van der Waals surface area contributed by atoms with E-state index in [2.05, 4.69) is 4.72 Å². The van der Waals surface area contributed by atoms with Crippen LogP contribution in [0.3, 0.4) is 0 Å². The normalized spacial score (nSPS) is 11.2.